The maximum Gasteiger partial charge on any atom is 0.180 e. The topological polar surface area (TPSA) is 0 Å². The highest BCUT2D eigenvalue weighted by Gasteiger charge is 2.12. The summed E-state index contributed by atoms with van der Waals surface area (Å²) >= 11 is 11.9. The van der Waals surface area contributed by atoms with Gasteiger partial charge in [0.25, 0.3) is 0 Å². The van der Waals surface area contributed by atoms with E-state index in [2.05, 4.69) is 32.9 Å². The summed E-state index contributed by atoms with van der Waals surface area (Å²) < 4.78 is 0. The van der Waals surface area contributed by atoms with Crippen molar-refractivity contribution < 1.29 is 0 Å². The zero-order chi connectivity index (χ0) is 17.1. The highest BCUT2D eigenvalue weighted by atomic mass is 35.5. The van der Waals surface area contributed by atoms with E-state index in [1.807, 2.05) is 0 Å². The molecule has 0 unspecified atom stereocenters. The molecule has 0 N–H and O–H groups in total. The van der Waals surface area contributed by atoms with Crippen LogP contribution in [-0.4, -0.2) is 0 Å². The molecule has 0 saturated heterocycles. The summed E-state index contributed by atoms with van der Waals surface area (Å²) in [5.74, 6) is 0. The first-order valence-corrected chi connectivity index (χ1v) is 10.1. The van der Waals surface area contributed by atoms with Crippen molar-refractivity contribution >= 4 is 23.2 Å². The van der Waals surface area contributed by atoms with Gasteiger partial charge in [-0.15, -0.1) is 0 Å². The monoisotopic (exact) mass is 355 g/mol. The van der Waals surface area contributed by atoms with Crippen LogP contribution in [0.3, 0.4) is 0 Å². The fourth-order valence-electron chi connectivity index (χ4n) is 3.16. The molecule has 0 amide bonds. The Morgan fingerprint density at radius 1 is 0.739 bits per heavy atom. The second kappa shape index (κ2) is 12.2. The van der Waals surface area contributed by atoms with E-state index in [0.717, 1.165) is 5.56 Å². The molecule has 0 spiro atoms. The van der Waals surface area contributed by atoms with Gasteiger partial charge < -0.3 is 0 Å². The number of rotatable bonds is 12. The van der Waals surface area contributed by atoms with E-state index in [-0.39, 0.29) is 0 Å². The summed E-state index contributed by atoms with van der Waals surface area (Å²) in [7, 11) is 0. The van der Waals surface area contributed by atoms with Crippen LogP contribution < -0.4 is 0 Å². The van der Waals surface area contributed by atoms with Crippen molar-refractivity contribution in [1.82, 2.24) is 0 Å². The van der Waals surface area contributed by atoms with E-state index < -0.39 is 0 Å². The summed E-state index contributed by atoms with van der Waals surface area (Å²) in [5.41, 5.74) is 4.98. The first-order chi connectivity index (χ1) is 11.1. The maximum absolute atomic E-state index is 5.93. The molecule has 23 heavy (non-hydrogen) atoms. The van der Waals surface area contributed by atoms with Gasteiger partial charge in [0.2, 0.25) is 0 Å². The Balaban J connectivity index is 2.18. The molecule has 0 aliphatic carbocycles. The molecule has 1 rings (SSSR count). The van der Waals surface area contributed by atoms with Crippen LogP contribution in [0.15, 0.2) is 12.1 Å². The van der Waals surface area contributed by atoms with Crippen molar-refractivity contribution in [2.45, 2.75) is 91.4 Å². The Morgan fingerprint density at radius 3 is 1.78 bits per heavy atom. The van der Waals surface area contributed by atoms with Crippen LogP contribution in [0.1, 0.15) is 93.4 Å². The molecule has 0 aromatic heterocycles. The van der Waals surface area contributed by atoms with Crippen LogP contribution in [0.5, 0.6) is 0 Å². The lowest BCUT2D eigenvalue weighted by molar-refractivity contribution is 0.556. The molecule has 0 bridgehead atoms. The summed E-state index contributed by atoms with van der Waals surface area (Å²) in [6.45, 7) is 6.57. The van der Waals surface area contributed by atoms with Crippen LogP contribution in [0.25, 0.3) is 0 Å². The van der Waals surface area contributed by atoms with Gasteiger partial charge >= 0.3 is 0 Å². The lowest BCUT2D eigenvalue weighted by Crippen LogP contribution is -1.98. The molecule has 131 valence electrons. The van der Waals surface area contributed by atoms with Crippen LogP contribution in [0.2, 0.25) is 0 Å². The highest BCUT2D eigenvalue weighted by Crippen LogP contribution is 2.30. The molecule has 0 aliphatic rings. The minimum atomic E-state index is 0.371. The summed E-state index contributed by atoms with van der Waals surface area (Å²) in [6.07, 6.45) is 15.0. The Kier molecular flexibility index (Phi) is 11.1. The molecular weight excluding hydrogens is 323 g/mol. The SMILES string of the molecule is CCCCCCCCCCCCc1ccc([C](Cl)Cl)c(C)c1C. The third-order valence-electron chi connectivity index (χ3n) is 4.90. The van der Waals surface area contributed by atoms with Gasteiger partial charge in [0.15, 0.2) is 4.84 Å². The van der Waals surface area contributed by atoms with Gasteiger partial charge in [-0.25, -0.2) is 0 Å². The van der Waals surface area contributed by atoms with Crippen molar-refractivity contribution in [3.05, 3.63) is 39.2 Å². The van der Waals surface area contributed by atoms with E-state index in [0.29, 0.717) is 4.84 Å². The van der Waals surface area contributed by atoms with Crippen molar-refractivity contribution in [3.8, 4) is 0 Å². The molecular formula is C21H33Cl2. The number of benzene rings is 1. The molecule has 0 saturated carbocycles. The summed E-state index contributed by atoms with van der Waals surface area (Å²) in [6, 6.07) is 4.25. The molecule has 2 heteroatoms. The van der Waals surface area contributed by atoms with Gasteiger partial charge in [-0.05, 0) is 48.9 Å². The molecule has 1 aromatic rings. The standard InChI is InChI=1S/C21H33Cl2/c1-4-5-6-7-8-9-10-11-12-13-14-19-15-16-20(21(22)23)18(3)17(19)2/h15-16H,4-14H2,1-3H3. The lowest BCUT2D eigenvalue weighted by atomic mass is 9.95. The van der Waals surface area contributed by atoms with Crippen molar-refractivity contribution in [2.24, 2.45) is 0 Å². The van der Waals surface area contributed by atoms with E-state index in [1.54, 1.807) is 0 Å². The van der Waals surface area contributed by atoms with Gasteiger partial charge in [-0.2, -0.15) is 0 Å². The largest absolute Gasteiger partial charge is 0.180 e. The number of hydrogen-bond donors (Lipinski definition) is 0. The second-order valence-corrected chi connectivity index (χ2v) is 7.66. The van der Waals surface area contributed by atoms with Crippen molar-refractivity contribution in [3.63, 3.8) is 0 Å². The second-order valence-electron chi connectivity index (χ2n) is 6.71. The van der Waals surface area contributed by atoms with E-state index in [1.165, 1.54) is 87.3 Å². The van der Waals surface area contributed by atoms with Crippen LogP contribution in [0.4, 0.5) is 0 Å². The molecule has 0 fully saturated rings. The van der Waals surface area contributed by atoms with Gasteiger partial charge in [-0.3, -0.25) is 0 Å². The minimum Gasteiger partial charge on any atom is -0.0925 e. The minimum absolute atomic E-state index is 0.371. The van der Waals surface area contributed by atoms with Crippen LogP contribution in [-0.2, 0) is 6.42 Å². The van der Waals surface area contributed by atoms with E-state index in [4.69, 9.17) is 23.2 Å². The van der Waals surface area contributed by atoms with Crippen molar-refractivity contribution in [2.75, 3.05) is 0 Å². The average Bonchev–Trinajstić information content (AvgIpc) is 2.52. The molecule has 0 nitrogen and oxygen atoms in total. The predicted octanol–water partition coefficient (Wildman–Crippen LogP) is 8.08. The maximum atomic E-state index is 5.93. The quantitative estimate of drug-likeness (QED) is 0.332. The predicted molar refractivity (Wildman–Crippen MR) is 106 cm³/mol. The Morgan fingerprint density at radius 2 is 1.26 bits per heavy atom. The highest BCUT2D eigenvalue weighted by molar-refractivity contribution is 6.54. The fourth-order valence-corrected chi connectivity index (χ4v) is 3.56. The van der Waals surface area contributed by atoms with E-state index >= 15 is 0 Å². The summed E-state index contributed by atoms with van der Waals surface area (Å²) in [5, 5.41) is 0. The zero-order valence-corrected chi connectivity index (χ0v) is 16.7. The van der Waals surface area contributed by atoms with E-state index in [9.17, 15) is 0 Å². The molecule has 1 radical (unpaired) electrons. The molecule has 0 aliphatic heterocycles. The molecule has 0 atom stereocenters. The summed E-state index contributed by atoms with van der Waals surface area (Å²) in [4.78, 5) is 0.371. The first kappa shape index (κ1) is 20.8. The van der Waals surface area contributed by atoms with Crippen LogP contribution >= 0.6 is 23.2 Å². The zero-order valence-electron chi connectivity index (χ0n) is 15.2. The Hall–Kier alpha value is -0.200. The number of hydrogen-bond acceptors (Lipinski definition) is 0. The van der Waals surface area contributed by atoms with Crippen LogP contribution in [0, 0.1) is 18.7 Å². The molecule has 0 heterocycles. The number of halogens is 2. The van der Waals surface area contributed by atoms with Crippen molar-refractivity contribution in [1.29, 1.82) is 0 Å². The normalized spacial score (nSPS) is 11.4. The van der Waals surface area contributed by atoms with Gasteiger partial charge in [0.05, 0.1) is 0 Å². The Labute approximate surface area is 154 Å². The van der Waals surface area contributed by atoms with Gasteiger partial charge in [-0.1, -0.05) is 100 Å². The Bertz CT molecular complexity index is 438. The third kappa shape index (κ3) is 7.94. The lowest BCUT2D eigenvalue weighted by Gasteiger charge is -2.13. The number of unbranched alkanes of at least 4 members (excludes halogenated alkanes) is 9. The fraction of sp³-hybridized carbons (Fsp3) is 0.667. The van der Waals surface area contributed by atoms with Gasteiger partial charge in [0, 0.05) is 0 Å². The average molecular weight is 356 g/mol. The molecule has 1 aromatic carbocycles. The smallest absolute Gasteiger partial charge is 0.0925 e. The van der Waals surface area contributed by atoms with Gasteiger partial charge in [0.1, 0.15) is 0 Å². The number of aryl methyl sites for hydroxylation is 1. The first-order valence-electron chi connectivity index (χ1n) is 9.35. The third-order valence-corrected chi connectivity index (χ3v) is 5.31.